The molecule has 0 spiro atoms. The molecule has 1 heterocycles. The van der Waals surface area contributed by atoms with Gasteiger partial charge in [-0.05, 0) is 25.6 Å². The monoisotopic (exact) mass is 314 g/mol. The van der Waals surface area contributed by atoms with Gasteiger partial charge in [0.1, 0.15) is 0 Å². The number of anilines is 1. The highest BCUT2D eigenvalue weighted by molar-refractivity contribution is 9.08. The van der Waals surface area contributed by atoms with E-state index < -0.39 is 0 Å². The summed E-state index contributed by atoms with van der Waals surface area (Å²) in [4.78, 5) is 13.3. The molecule has 0 radical (unpaired) electrons. The molecule has 102 valence electrons. The van der Waals surface area contributed by atoms with Gasteiger partial charge in [-0.3, -0.25) is 0 Å². The number of alkyl halides is 1. The van der Waals surface area contributed by atoms with E-state index in [0.29, 0.717) is 5.92 Å². The van der Waals surface area contributed by atoms with Crippen LogP contribution < -0.4 is 4.90 Å². The zero-order valence-electron chi connectivity index (χ0n) is 11.7. The first-order valence-corrected chi connectivity index (χ1v) is 7.41. The van der Waals surface area contributed by atoms with Crippen molar-refractivity contribution in [1.29, 1.82) is 0 Å². The number of likely N-dealkylation sites (N-methyl/N-ethyl adjacent to an activating group) is 1. The largest absolute Gasteiger partial charge is 0.339 e. The molecule has 0 N–H and O–H groups in total. The topological polar surface area (TPSA) is 32.3 Å². The van der Waals surface area contributed by atoms with Gasteiger partial charge in [-0.15, -0.1) is 0 Å². The fourth-order valence-corrected chi connectivity index (χ4v) is 1.90. The van der Waals surface area contributed by atoms with Crippen LogP contribution in [0, 0.1) is 5.92 Å². The Morgan fingerprint density at radius 3 is 2.22 bits per heavy atom. The van der Waals surface area contributed by atoms with Crippen molar-refractivity contribution < 1.29 is 0 Å². The smallest absolute Gasteiger partial charge is 0.225 e. The molecule has 0 saturated carbocycles. The van der Waals surface area contributed by atoms with Gasteiger partial charge in [0.05, 0.1) is 0 Å². The fourth-order valence-electron chi connectivity index (χ4n) is 1.61. The Balaban J connectivity index is 2.73. The first-order valence-electron chi connectivity index (χ1n) is 6.29. The molecule has 0 bridgehead atoms. The summed E-state index contributed by atoms with van der Waals surface area (Å²) < 4.78 is 0. The predicted molar refractivity (Wildman–Crippen MR) is 80.3 cm³/mol. The summed E-state index contributed by atoms with van der Waals surface area (Å²) >= 11 is 3.41. The lowest BCUT2D eigenvalue weighted by atomic mass is 10.2. The SMILES string of the molecule is CC(C)CN(CCN(C)C)c1ncc(CBr)cn1. The van der Waals surface area contributed by atoms with Crippen molar-refractivity contribution in [2.45, 2.75) is 19.2 Å². The van der Waals surface area contributed by atoms with E-state index in [9.17, 15) is 0 Å². The number of aromatic nitrogens is 2. The number of hydrogen-bond acceptors (Lipinski definition) is 4. The molecule has 1 aromatic rings. The minimum atomic E-state index is 0.603. The number of nitrogens with zero attached hydrogens (tertiary/aromatic N) is 4. The number of hydrogen-bond donors (Lipinski definition) is 0. The van der Waals surface area contributed by atoms with Gasteiger partial charge in [-0.2, -0.15) is 0 Å². The third-order valence-electron chi connectivity index (χ3n) is 2.53. The van der Waals surface area contributed by atoms with Crippen LogP contribution in [0.1, 0.15) is 19.4 Å². The highest BCUT2D eigenvalue weighted by Crippen LogP contribution is 2.11. The molecule has 0 saturated heterocycles. The lowest BCUT2D eigenvalue weighted by molar-refractivity contribution is 0.407. The molecular weight excluding hydrogens is 292 g/mol. The molecule has 0 amide bonds. The van der Waals surface area contributed by atoms with Crippen LogP contribution in [0.25, 0.3) is 0 Å². The van der Waals surface area contributed by atoms with Crippen LogP contribution in [-0.4, -0.2) is 48.6 Å². The first-order chi connectivity index (χ1) is 8.52. The summed E-state index contributed by atoms with van der Waals surface area (Å²) in [6.07, 6.45) is 3.78. The van der Waals surface area contributed by atoms with Gasteiger partial charge in [-0.1, -0.05) is 29.8 Å². The second-order valence-corrected chi connectivity index (χ2v) is 5.73. The Morgan fingerprint density at radius 2 is 1.78 bits per heavy atom. The molecule has 0 aliphatic rings. The van der Waals surface area contributed by atoms with E-state index in [0.717, 1.165) is 36.5 Å². The normalized spacial score (nSPS) is 11.3. The molecule has 4 nitrogen and oxygen atoms in total. The summed E-state index contributed by atoms with van der Waals surface area (Å²) in [6, 6.07) is 0. The van der Waals surface area contributed by atoms with E-state index in [2.05, 4.69) is 63.6 Å². The fraction of sp³-hybridized carbons (Fsp3) is 0.692. The van der Waals surface area contributed by atoms with Crippen LogP contribution in [0.5, 0.6) is 0 Å². The van der Waals surface area contributed by atoms with E-state index in [-0.39, 0.29) is 0 Å². The Labute approximate surface area is 119 Å². The van der Waals surface area contributed by atoms with E-state index in [1.54, 1.807) is 0 Å². The van der Waals surface area contributed by atoms with Crippen LogP contribution in [0.15, 0.2) is 12.4 Å². The van der Waals surface area contributed by atoms with E-state index >= 15 is 0 Å². The van der Waals surface area contributed by atoms with Gasteiger partial charge in [0.15, 0.2) is 0 Å². The number of rotatable bonds is 7. The summed E-state index contributed by atoms with van der Waals surface area (Å²) in [5.41, 5.74) is 1.11. The van der Waals surface area contributed by atoms with Crippen molar-refractivity contribution in [3.8, 4) is 0 Å². The molecule has 0 aliphatic carbocycles. The molecule has 18 heavy (non-hydrogen) atoms. The second kappa shape index (κ2) is 7.69. The molecule has 1 aromatic heterocycles. The Hall–Kier alpha value is -0.680. The van der Waals surface area contributed by atoms with Crippen molar-refractivity contribution in [3.05, 3.63) is 18.0 Å². The molecule has 0 unspecified atom stereocenters. The van der Waals surface area contributed by atoms with Crippen molar-refractivity contribution in [1.82, 2.24) is 14.9 Å². The lowest BCUT2D eigenvalue weighted by Gasteiger charge is -2.26. The van der Waals surface area contributed by atoms with E-state index in [1.807, 2.05) is 12.4 Å². The van der Waals surface area contributed by atoms with Gasteiger partial charge in [0.2, 0.25) is 5.95 Å². The van der Waals surface area contributed by atoms with Gasteiger partial charge in [-0.25, -0.2) is 9.97 Å². The molecule has 0 aliphatic heterocycles. The van der Waals surface area contributed by atoms with E-state index in [4.69, 9.17) is 0 Å². The number of halogens is 1. The quantitative estimate of drug-likeness (QED) is 0.723. The summed E-state index contributed by atoms with van der Waals surface area (Å²) in [7, 11) is 4.17. The third kappa shape index (κ3) is 5.31. The average Bonchev–Trinajstić information content (AvgIpc) is 2.34. The maximum Gasteiger partial charge on any atom is 0.225 e. The Bertz CT molecular complexity index is 337. The standard InChI is InChI=1S/C13H23BrN4/c1-11(2)10-18(6-5-17(3)4)13-15-8-12(7-14)9-16-13/h8-9,11H,5-7,10H2,1-4H3. The summed E-state index contributed by atoms with van der Waals surface area (Å²) in [5.74, 6) is 1.43. The zero-order valence-corrected chi connectivity index (χ0v) is 13.3. The third-order valence-corrected chi connectivity index (χ3v) is 3.18. The highest BCUT2D eigenvalue weighted by atomic mass is 79.9. The maximum absolute atomic E-state index is 4.45. The van der Waals surface area contributed by atoms with Gasteiger partial charge in [0.25, 0.3) is 0 Å². The molecule has 1 rings (SSSR count). The first kappa shape index (κ1) is 15.4. The maximum atomic E-state index is 4.45. The van der Waals surface area contributed by atoms with Crippen LogP contribution >= 0.6 is 15.9 Å². The summed E-state index contributed by atoms with van der Waals surface area (Å²) in [5, 5.41) is 0.801. The van der Waals surface area contributed by atoms with E-state index in [1.165, 1.54) is 0 Å². The van der Waals surface area contributed by atoms with Crippen LogP contribution in [0.3, 0.4) is 0 Å². The molecule has 0 aromatic carbocycles. The highest BCUT2D eigenvalue weighted by Gasteiger charge is 2.11. The predicted octanol–water partition coefficient (Wildman–Crippen LogP) is 2.40. The lowest BCUT2D eigenvalue weighted by Crippen LogP contribution is -2.35. The van der Waals surface area contributed by atoms with Crippen LogP contribution in [0.4, 0.5) is 5.95 Å². The van der Waals surface area contributed by atoms with Crippen LogP contribution in [-0.2, 0) is 5.33 Å². The zero-order chi connectivity index (χ0) is 13.5. The second-order valence-electron chi connectivity index (χ2n) is 5.17. The van der Waals surface area contributed by atoms with Crippen molar-refractivity contribution in [2.75, 3.05) is 38.6 Å². The minimum absolute atomic E-state index is 0.603. The van der Waals surface area contributed by atoms with Gasteiger partial charge in [0, 0.05) is 37.4 Å². The Morgan fingerprint density at radius 1 is 1.17 bits per heavy atom. The van der Waals surface area contributed by atoms with Gasteiger partial charge < -0.3 is 9.80 Å². The Kier molecular flexibility index (Phi) is 6.57. The molecular formula is C13H23BrN4. The van der Waals surface area contributed by atoms with Gasteiger partial charge >= 0.3 is 0 Å². The molecule has 0 atom stereocenters. The van der Waals surface area contributed by atoms with Crippen LogP contribution in [0.2, 0.25) is 0 Å². The average molecular weight is 315 g/mol. The van der Waals surface area contributed by atoms with Crippen molar-refractivity contribution in [2.24, 2.45) is 5.92 Å². The summed E-state index contributed by atoms with van der Waals surface area (Å²) in [6.45, 7) is 7.39. The molecule has 5 heteroatoms. The minimum Gasteiger partial charge on any atom is -0.339 e. The van der Waals surface area contributed by atoms with Crippen molar-refractivity contribution in [3.63, 3.8) is 0 Å². The molecule has 0 fully saturated rings. The van der Waals surface area contributed by atoms with Crippen molar-refractivity contribution >= 4 is 21.9 Å².